The Kier molecular flexibility index (Phi) is 12.9. The largest absolute Gasteiger partial charge is 0.508 e. The van der Waals surface area contributed by atoms with Gasteiger partial charge < -0.3 is 46.8 Å². The van der Waals surface area contributed by atoms with Gasteiger partial charge in [0.15, 0.2) is 0 Å². The van der Waals surface area contributed by atoms with Crippen LogP contribution in [0.2, 0.25) is 0 Å². The Labute approximate surface area is 289 Å². The van der Waals surface area contributed by atoms with Gasteiger partial charge in [-0.2, -0.15) is 0 Å². The maximum atomic E-state index is 14.4. The molecule has 2 aliphatic rings. The Bertz CT molecular complexity index is 1570. The molecule has 268 valence electrons. The van der Waals surface area contributed by atoms with Crippen molar-refractivity contribution in [2.45, 2.75) is 49.9 Å². The monoisotopic (exact) mass is 692 g/mol. The van der Waals surface area contributed by atoms with Crippen LogP contribution in [0.1, 0.15) is 24.0 Å². The van der Waals surface area contributed by atoms with Crippen LogP contribution in [0, 0.1) is 0 Å². The lowest BCUT2D eigenvalue weighted by molar-refractivity contribution is -0.149. The number of rotatable bonds is 7. The molecule has 2 saturated heterocycles. The molecule has 0 aliphatic carbocycles. The van der Waals surface area contributed by atoms with E-state index < -0.39 is 78.6 Å². The Morgan fingerprint density at radius 1 is 0.920 bits per heavy atom. The Morgan fingerprint density at radius 2 is 1.60 bits per heavy atom. The summed E-state index contributed by atoms with van der Waals surface area (Å²) in [6.45, 7) is -1.20. The quantitative estimate of drug-likeness (QED) is 0.182. The lowest BCUT2D eigenvalue weighted by Gasteiger charge is -2.35. The number of carbonyl (C=O) groups is 7. The zero-order chi connectivity index (χ0) is 36.4. The third kappa shape index (κ3) is 10.0. The molecule has 4 atom stereocenters. The zero-order valence-electron chi connectivity index (χ0n) is 28.1. The first-order chi connectivity index (χ1) is 23.8. The minimum atomic E-state index is -1.25. The van der Waals surface area contributed by atoms with Crippen LogP contribution in [0.4, 0.5) is 0 Å². The number of aromatic hydroxyl groups is 1. The number of hydrogen-bond donors (Lipinski definition) is 6. The van der Waals surface area contributed by atoms with Crippen LogP contribution >= 0.6 is 0 Å². The number of primary amides is 1. The molecule has 16 heteroatoms. The average molecular weight is 693 g/mol. The molecule has 0 bridgehead atoms. The summed E-state index contributed by atoms with van der Waals surface area (Å²) in [4.78, 5) is 96.7. The summed E-state index contributed by atoms with van der Waals surface area (Å²) in [5.74, 6) is -4.34. The van der Waals surface area contributed by atoms with Crippen molar-refractivity contribution in [1.29, 1.82) is 0 Å². The number of nitrogens with zero attached hydrogens (tertiary/aromatic N) is 3. The molecule has 0 radical (unpaired) electrons. The number of fused-ring (bicyclic) bond motifs is 1. The number of carbonyl (C=O) groups excluding carboxylic acids is 7. The summed E-state index contributed by atoms with van der Waals surface area (Å²) in [7, 11) is 2.86. The topological polar surface area (TPSA) is 224 Å². The maximum absolute atomic E-state index is 14.4. The normalized spacial score (nSPS) is 23.0. The van der Waals surface area contributed by atoms with Gasteiger partial charge >= 0.3 is 0 Å². The van der Waals surface area contributed by atoms with E-state index in [9.17, 15) is 38.7 Å². The zero-order valence-corrected chi connectivity index (χ0v) is 28.1. The second-order valence-corrected chi connectivity index (χ2v) is 12.5. The fourth-order valence-electron chi connectivity index (χ4n) is 5.97. The van der Waals surface area contributed by atoms with Crippen LogP contribution in [0.3, 0.4) is 0 Å². The fourth-order valence-corrected chi connectivity index (χ4v) is 5.97. The molecule has 2 heterocycles. The minimum Gasteiger partial charge on any atom is -0.508 e. The number of benzene rings is 2. The Morgan fingerprint density at radius 3 is 2.28 bits per heavy atom. The van der Waals surface area contributed by atoms with Crippen molar-refractivity contribution in [2.75, 3.05) is 46.8 Å². The number of hydrogen-bond acceptors (Lipinski definition) is 9. The van der Waals surface area contributed by atoms with E-state index in [4.69, 9.17) is 5.73 Å². The van der Waals surface area contributed by atoms with E-state index in [1.165, 1.54) is 36.0 Å². The number of likely N-dealkylation sites (N-methyl/N-ethyl adjacent to an activating group) is 2. The van der Waals surface area contributed by atoms with E-state index >= 15 is 0 Å². The molecule has 2 aromatic carbocycles. The summed E-state index contributed by atoms with van der Waals surface area (Å²) >= 11 is 0. The molecule has 7 N–H and O–H groups in total. The standard InChI is InChI=1S/C34H44N8O8/c1-40-20-29(45)38-24(15-22-10-12-23(43)13-11-22)33(49)41(2)27(16-21-7-4-3-5-8-21)34(50)42-14-6-9-26(42)32(48)39-25(17-36-19-30(40)46)31(47)37-18-28(35)44/h3-5,7-8,10-13,24-27,36,43H,6,9,14-20H2,1-2H3,(H2,35,44)(H,37,47)(H,38,45)(H,39,48)/t24-,25-,26-,27-/m0/s1. The summed E-state index contributed by atoms with van der Waals surface area (Å²) < 4.78 is 0. The SMILES string of the molecule is CN1CC(=O)N[C@@H](Cc2ccc(O)cc2)C(=O)N(C)[C@@H](Cc2ccccc2)C(=O)N2CCC[C@H]2C(=O)N[C@H](C(=O)NCC(N)=O)CNCC1=O. The molecule has 0 unspecified atom stereocenters. The first kappa shape index (κ1) is 37.3. The van der Waals surface area contributed by atoms with Gasteiger partial charge in [-0.15, -0.1) is 0 Å². The lowest BCUT2D eigenvalue weighted by atomic mass is 10.00. The smallest absolute Gasteiger partial charge is 0.246 e. The van der Waals surface area contributed by atoms with E-state index in [1.54, 1.807) is 24.3 Å². The van der Waals surface area contributed by atoms with E-state index in [2.05, 4.69) is 21.3 Å². The molecule has 0 saturated carbocycles. The van der Waals surface area contributed by atoms with Crippen LogP contribution in [0.5, 0.6) is 5.75 Å². The van der Waals surface area contributed by atoms with Crippen LogP contribution in [0.15, 0.2) is 54.6 Å². The molecule has 2 aliphatic heterocycles. The fraction of sp³-hybridized carbons (Fsp3) is 0.441. The van der Waals surface area contributed by atoms with E-state index in [0.29, 0.717) is 18.4 Å². The number of amides is 7. The van der Waals surface area contributed by atoms with Crippen LogP contribution in [-0.2, 0) is 46.4 Å². The molecule has 7 amide bonds. The van der Waals surface area contributed by atoms with Crippen molar-refractivity contribution in [3.05, 3.63) is 65.7 Å². The Hall–Kier alpha value is -5.51. The second kappa shape index (κ2) is 17.2. The van der Waals surface area contributed by atoms with Crippen molar-refractivity contribution in [1.82, 2.24) is 36.0 Å². The summed E-state index contributed by atoms with van der Waals surface area (Å²) in [5, 5.41) is 20.3. The van der Waals surface area contributed by atoms with Gasteiger partial charge in [-0.1, -0.05) is 42.5 Å². The van der Waals surface area contributed by atoms with Crippen molar-refractivity contribution in [3.8, 4) is 5.75 Å². The number of phenolic OH excluding ortho intramolecular Hbond substituents is 1. The highest BCUT2D eigenvalue weighted by Gasteiger charge is 2.41. The van der Waals surface area contributed by atoms with Crippen molar-refractivity contribution < 1.29 is 38.7 Å². The van der Waals surface area contributed by atoms with Gasteiger partial charge in [-0.3, -0.25) is 33.6 Å². The Balaban J connectivity index is 1.71. The first-order valence-corrected chi connectivity index (χ1v) is 16.3. The molecule has 4 rings (SSSR count). The van der Waals surface area contributed by atoms with Gasteiger partial charge in [0.25, 0.3) is 0 Å². The van der Waals surface area contributed by atoms with Gasteiger partial charge in [-0.05, 0) is 36.1 Å². The van der Waals surface area contributed by atoms with Crippen molar-refractivity contribution in [2.24, 2.45) is 5.73 Å². The third-order valence-corrected chi connectivity index (χ3v) is 8.72. The van der Waals surface area contributed by atoms with Crippen molar-refractivity contribution >= 4 is 41.4 Å². The van der Waals surface area contributed by atoms with Gasteiger partial charge in [0.05, 0.1) is 19.6 Å². The molecule has 0 spiro atoms. The first-order valence-electron chi connectivity index (χ1n) is 16.3. The second-order valence-electron chi connectivity index (χ2n) is 12.5. The number of nitrogens with two attached hydrogens (primary N) is 1. The van der Waals surface area contributed by atoms with Crippen LogP contribution in [0.25, 0.3) is 0 Å². The number of nitrogens with one attached hydrogen (secondary N) is 4. The average Bonchev–Trinajstić information content (AvgIpc) is 3.59. The van der Waals surface area contributed by atoms with Gasteiger partial charge in [0.1, 0.15) is 29.9 Å². The molecular weight excluding hydrogens is 648 g/mol. The summed E-state index contributed by atoms with van der Waals surface area (Å²) in [6, 6.07) is 10.7. The van der Waals surface area contributed by atoms with Crippen LogP contribution < -0.4 is 27.0 Å². The molecule has 2 fully saturated rings. The summed E-state index contributed by atoms with van der Waals surface area (Å²) in [6.07, 6.45) is 0.899. The number of phenols is 1. The van der Waals surface area contributed by atoms with E-state index in [1.807, 2.05) is 18.2 Å². The molecular formula is C34H44N8O8. The highest BCUT2D eigenvalue weighted by molar-refractivity contribution is 5.97. The molecule has 0 aromatic heterocycles. The van der Waals surface area contributed by atoms with Gasteiger partial charge in [-0.25, -0.2) is 0 Å². The third-order valence-electron chi connectivity index (χ3n) is 8.72. The highest BCUT2D eigenvalue weighted by Crippen LogP contribution is 2.23. The predicted octanol–water partition coefficient (Wildman–Crippen LogP) is -2.37. The van der Waals surface area contributed by atoms with Crippen molar-refractivity contribution in [3.63, 3.8) is 0 Å². The van der Waals surface area contributed by atoms with E-state index in [-0.39, 0.29) is 38.2 Å². The molecule has 50 heavy (non-hydrogen) atoms. The molecule has 2 aromatic rings. The predicted molar refractivity (Wildman–Crippen MR) is 180 cm³/mol. The lowest BCUT2D eigenvalue weighted by Crippen LogP contribution is -2.60. The maximum Gasteiger partial charge on any atom is 0.246 e. The molecule has 16 nitrogen and oxygen atoms in total. The van der Waals surface area contributed by atoms with Crippen LogP contribution in [-0.4, -0.2) is 132 Å². The summed E-state index contributed by atoms with van der Waals surface area (Å²) in [5.41, 5.74) is 6.55. The minimum absolute atomic E-state index is 0.0224. The van der Waals surface area contributed by atoms with E-state index in [0.717, 1.165) is 10.5 Å². The van der Waals surface area contributed by atoms with Gasteiger partial charge in [0.2, 0.25) is 41.4 Å². The highest BCUT2D eigenvalue weighted by atomic mass is 16.3. The van der Waals surface area contributed by atoms with Gasteiger partial charge in [0, 0.05) is 40.0 Å².